The topological polar surface area (TPSA) is 66.8 Å². The predicted molar refractivity (Wildman–Crippen MR) is 87.9 cm³/mol. The highest BCUT2D eigenvalue weighted by Gasteiger charge is 2.39. The van der Waals surface area contributed by atoms with Crippen LogP contribution in [0.4, 0.5) is 0 Å². The number of likely N-dealkylation sites (tertiary alicyclic amines) is 1. The van der Waals surface area contributed by atoms with Crippen LogP contribution in [0.3, 0.4) is 0 Å². The highest BCUT2D eigenvalue weighted by Crippen LogP contribution is 2.30. The van der Waals surface area contributed by atoms with Crippen molar-refractivity contribution in [1.82, 2.24) is 4.90 Å². The number of halogens is 3. The van der Waals surface area contributed by atoms with Crippen molar-refractivity contribution < 1.29 is 19.4 Å². The maximum Gasteiger partial charge on any atom is 0.328 e. The molecule has 1 aliphatic rings. The summed E-state index contributed by atoms with van der Waals surface area (Å²) in [6, 6.07) is 2.21. The van der Waals surface area contributed by atoms with Gasteiger partial charge in [0, 0.05) is 28.0 Å². The van der Waals surface area contributed by atoms with Crippen LogP contribution >= 0.6 is 34.8 Å². The molecule has 1 aliphatic heterocycles. The molecule has 0 aliphatic carbocycles. The number of carbonyl (C=O) groups is 2. The highest BCUT2D eigenvalue weighted by molar-refractivity contribution is 6.39. The summed E-state index contributed by atoms with van der Waals surface area (Å²) in [7, 11) is 0. The quantitative estimate of drug-likeness (QED) is 0.816. The van der Waals surface area contributed by atoms with Gasteiger partial charge < -0.3 is 14.7 Å². The Kier molecular flexibility index (Phi) is 6.14. The second-order valence-corrected chi connectivity index (χ2v) is 6.48. The number of hydrogen-bond donors (Lipinski definition) is 1. The molecular weight excluding hydrogens is 365 g/mol. The summed E-state index contributed by atoms with van der Waals surface area (Å²) in [5.41, 5.74) is 0.437. The number of ether oxygens (including phenoxy) is 1. The van der Waals surface area contributed by atoms with Gasteiger partial charge in [0.15, 0.2) is 0 Å². The maximum atomic E-state index is 12.5. The van der Waals surface area contributed by atoms with E-state index >= 15 is 0 Å². The van der Waals surface area contributed by atoms with Crippen molar-refractivity contribution in [3.63, 3.8) is 0 Å². The average molecular weight is 381 g/mol. The first-order chi connectivity index (χ1) is 10.8. The largest absolute Gasteiger partial charge is 0.464 e. The third-order valence-electron chi connectivity index (χ3n) is 3.59. The van der Waals surface area contributed by atoms with E-state index in [2.05, 4.69) is 0 Å². The molecule has 2 atom stereocenters. The summed E-state index contributed by atoms with van der Waals surface area (Å²) in [5.74, 6) is -0.878. The number of aliphatic hydroxyl groups is 1. The van der Waals surface area contributed by atoms with Gasteiger partial charge in [-0.05, 0) is 24.6 Å². The van der Waals surface area contributed by atoms with E-state index in [4.69, 9.17) is 39.5 Å². The number of amides is 1. The third kappa shape index (κ3) is 4.29. The van der Waals surface area contributed by atoms with Gasteiger partial charge in [-0.1, -0.05) is 34.8 Å². The molecule has 0 aromatic heterocycles. The summed E-state index contributed by atoms with van der Waals surface area (Å²) in [6.07, 6.45) is -0.686. The fraction of sp³-hybridized carbons (Fsp3) is 0.467. The molecule has 1 aromatic rings. The first-order valence-corrected chi connectivity index (χ1v) is 8.24. The molecule has 1 fully saturated rings. The fourth-order valence-corrected chi connectivity index (χ4v) is 3.50. The summed E-state index contributed by atoms with van der Waals surface area (Å²) >= 11 is 18.0. The van der Waals surface area contributed by atoms with E-state index in [0.29, 0.717) is 10.6 Å². The Morgan fingerprint density at radius 1 is 1.30 bits per heavy atom. The molecule has 126 valence electrons. The molecule has 8 heteroatoms. The second-order valence-electron chi connectivity index (χ2n) is 5.23. The molecule has 0 radical (unpaired) electrons. The SMILES string of the molecule is CCOC(=O)C1CC(O)CN1C(=O)Cc1c(Cl)cc(Cl)cc1Cl. The van der Waals surface area contributed by atoms with Gasteiger partial charge in [0.25, 0.3) is 0 Å². The van der Waals surface area contributed by atoms with Crippen LogP contribution in [-0.4, -0.2) is 47.2 Å². The van der Waals surface area contributed by atoms with Crippen LogP contribution in [0.15, 0.2) is 12.1 Å². The molecule has 0 saturated carbocycles. The Bertz CT molecular complexity index is 600. The number of rotatable bonds is 4. The maximum absolute atomic E-state index is 12.5. The van der Waals surface area contributed by atoms with E-state index in [9.17, 15) is 14.7 Å². The van der Waals surface area contributed by atoms with E-state index in [-0.39, 0.29) is 41.9 Å². The minimum Gasteiger partial charge on any atom is -0.464 e. The fourth-order valence-electron chi connectivity index (χ4n) is 2.55. The summed E-state index contributed by atoms with van der Waals surface area (Å²) in [5, 5.41) is 10.7. The van der Waals surface area contributed by atoms with Gasteiger partial charge in [-0.15, -0.1) is 0 Å². The first-order valence-electron chi connectivity index (χ1n) is 7.11. The monoisotopic (exact) mass is 379 g/mol. The zero-order valence-corrected chi connectivity index (χ0v) is 14.7. The summed E-state index contributed by atoms with van der Waals surface area (Å²) in [6.45, 7) is 1.97. The Morgan fingerprint density at radius 3 is 2.48 bits per heavy atom. The normalized spacial score (nSPS) is 20.7. The number of benzene rings is 1. The molecule has 2 unspecified atom stereocenters. The molecule has 1 amide bonds. The molecule has 1 aromatic carbocycles. The Hall–Kier alpha value is -1.01. The second kappa shape index (κ2) is 7.71. The van der Waals surface area contributed by atoms with Crippen LogP contribution < -0.4 is 0 Å². The average Bonchev–Trinajstić information content (AvgIpc) is 2.85. The Balaban J connectivity index is 2.17. The summed E-state index contributed by atoms with van der Waals surface area (Å²) in [4.78, 5) is 25.8. The molecule has 0 bridgehead atoms. The van der Waals surface area contributed by atoms with Crippen LogP contribution in [0.5, 0.6) is 0 Å². The van der Waals surface area contributed by atoms with E-state index in [1.165, 1.54) is 17.0 Å². The van der Waals surface area contributed by atoms with Crippen molar-refractivity contribution in [2.45, 2.75) is 31.9 Å². The lowest BCUT2D eigenvalue weighted by Gasteiger charge is -2.23. The Morgan fingerprint density at radius 2 is 1.91 bits per heavy atom. The van der Waals surface area contributed by atoms with E-state index in [1.807, 2.05) is 0 Å². The van der Waals surface area contributed by atoms with Crippen LogP contribution in [0.1, 0.15) is 18.9 Å². The van der Waals surface area contributed by atoms with Crippen molar-refractivity contribution in [1.29, 1.82) is 0 Å². The third-order valence-corrected chi connectivity index (χ3v) is 4.48. The highest BCUT2D eigenvalue weighted by atomic mass is 35.5. The number of β-amino-alcohol motifs (C(OH)–C–C–N with tert-alkyl or cyclic N) is 1. The van der Waals surface area contributed by atoms with Gasteiger partial charge >= 0.3 is 5.97 Å². The van der Waals surface area contributed by atoms with Gasteiger partial charge in [0.1, 0.15) is 6.04 Å². The standard InChI is InChI=1S/C15H16Cl3NO4/c1-2-23-15(22)13-5-9(20)7-19(13)14(21)6-10-11(17)3-8(16)4-12(10)18/h3-4,9,13,20H,2,5-7H2,1H3. The lowest BCUT2D eigenvalue weighted by molar-refractivity contribution is -0.152. The molecule has 0 spiro atoms. The van der Waals surface area contributed by atoms with E-state index < -0.39 is 18.1 Å². The molecule has 23 heavy (non-hydrogen) atoms. The van der Waals surface area contributed by atoms with Gasteiger partial charge in [-0.3, -0.25) is 4.79 Å². The molecule has 1 heterocycles. The molecular formula is C15H16Cl3NO4. The van der Waals surface area contributed by atoms with Gasteiger partial charge in [-0.25, -0.2) is 4.79 Å². The van der Waals surface area contributed by atoms with E-state index in [1.54, 1.807) is 6.92 Å². The van der Waals surface area contributed by atoms with Crippen LogP contribution in [0, 0.1) is 0 Å². The van der Waals surface area contributed by atoms with Crippen LogP contribution in [0.2, 0.25) is 15.1 Å². The van der Waals surface area contributed by atoms with Gasteiger partial charge in [0.2, 0.25) is 5.91 Å². The van der Waals surface area contributed by atoms with Gasteiger partial charge in [0.05, 0.1) is 19.1 Å². The predicted octanol–water partition coefficient (Wildman–Crippen LogP) is 2.71. The minimum atomic E-state index is -0.790. The molecule has 1 saturated heterocycles. The van der Waals surface area contributed by atoms with Crippen LogP contribution in [-0.2, 0) is 20.7 Å². The lowest BCUT2D eigenvalue weighted by Crippen LogP contribution is -2.42. The number of esters is 1. The van der Waals surface area contributed by atoms with Gasteiger partial charge in [-0.2, -0.15) is 0 Å². The Labute approximate surface area is 149 Å². The minimum absolute atomic E-state index is 0.0745. The smallest absolute Gasteiger partial charge is 0.328 e. The summed E-state index contributed by atoms with van der Waals surface area (Å²) < 4.78 is 4.95. The zero-order chi connectivity index (χ0) is 17.1. The first kappa shape index (κ1) is 18.3. The van der Waals surface area contributed by atoms with Crippen molar-refractivity contribution >= 4 is 46.7 Å². The number of aliphatic hydroxyl groups excluding tert-OH is 1. The van der Waals surface area contributed by atoms with E-state index in [0.717, 1.165) is 0 Å². The van der Waals surface area contributed by atoms with Crippen molar-refractivity contribution in [2.75, 3.05) is 13.2 Å². The van der Waals surface area contributed by atoms with Crippen molar-refractivity contribution in [2.24, 2.45) is 0 Å². The lowest BCUT2D eigenvalue weighted by atomic mass is 10.1. The van der Waals surface area contributed by atoms with Crippen molar-refractivity contribution in [3.05, 3.63) is 32.8 Å². The van der Waals surface area contributed by atoms with Crippen molar-refractivity contribution in [3.8, 4) is 0 Å². The molecule has 1 N–H and O–H groups in total. The number of nitrogens with zero attached hydrogens (tertiary/aromatic N) is 1. The zero-order valence-electron chi connectivity index (χ0n) is 12.4. The molecule has 2 rings (SSSR count). The number of hydrogen-bond acceptors (Lipinski definition) is 4. The number of carbonyl (C=O) groups excluding carboxylic acids is 2. The molecule has 5 nitrogen and oxygen atoms in total. The van der Waals surface area contributed by atoms with Crippen LogP contribution in [0.25, 0.3) is 0 Å².